The Balaban J connectivity index is 1.87. The van der Waals surface area contributed by atoms with Crippen LogP contribution in [0.1, 0.15) is 16.7 Å². The topological polar surface area (TPSA) is 40.5 Å². The summed E-state index contributed by atoms with van der Waals surface area (Å²) < 4.78 is 0. The molecule has 0 aliphatic carbocycles. The molecule has 0 radical (unpaired) electrons. The monoisotopic (exact) mass is 304 g/mol. The molecule has 0 aliphatic rings. The Morgan fingerprint density at radius 1 is 0.739 bits per heavy atom. The highest BCUT2D eigenvalue weighted by atomic mass is 16.3. The first-order chi connectivity index (χ1) is 11.1. The van der Waals surface area contributed by atoms with Crippen LogP contribution in [0.2, 0.25) is 0 Å². The normalized spacial score (nSPS) is 10.7. The molecule has 0 aromatic heterocycles. The van der Waals surface area contributed by atoms with Gasteiger partial charge in [0, 0.05) is 5.56 Å². The zero-order chi connectivity index (χ0) is 16.2. The van der Waals surface area contributed by atoms with Gasteiger partial charge in [0.05, 0.1) is 0 Å². The molecular formula is C21H20O2. The van der Waals surface area contributed by atoms with Crippen molar-refractivity contribution in [3.8, 4) is 22.6 Å². The van der Waals surface area contributed by atoms with Gasteiger partial charge in [-0.1, -0.05) is 48.5 Å². The summed E-state index contributed by atoms with van der Waals surface area (Å²) in [5.41, 5.74) is 5.39. The Morgan fingerprint density at radius 3 is 2.22 bits per heavy atom. The first kappa shape index (κ1) is 15.2. The van der Waals surface area contributed by atoms with Crippen LogP contribution >= 0.6 is 0 Å². The minimum atomic E-state index is 0.290. The number of benzene rings is 3. The molecule has 0 aliphatic heterocycles. The van der Waals surface area contributed by atoms with Crippen LogP contribution in [0.5, 0.6) is 11.5 Å². The molecule has 3 aromatic carbocycles. The molecule has 116 valence electrons. The number of hydrogen-bond acceptors (Lipinski definition) is 2. The minimum absolute atomic E-state index is 0.290. The fourth-order valence-electron chi connectivity index (χ4n) is 2.81. The number of rotatable bonds is 4. The molecule has 0 spiro atoms. The molecule has 0 atom stereocenters. The molecule has 2 N–H and O–H groups in total. The van der Waals surface area contributed by atoms with Crippen LogP contribution in [0.4, 0.5) is 0 Å². The van der Waals surface area contributed by atoms with Crippen LogP contribution in [0.15, 0.2) is 66.7 Å². The third-order valence-corrected chi connectivity index (χ3v) is 4.08. The van der Waals surface area contributed by atoms with Gasteiger partial charge in [-0.3, -0.25) is 0 Å². The van der Waals surface area contributed by atoms with Crippen molar-refractivity contribution in [1.29, 1.82) is 0 Å². The van der Waals surface area contributed by atoms with Gasteiger partial charge in [0.15, 0.2) is 0 Å². The van der Waals surface area contributed by atoms with E-state index in [1.165, 1.54) is 11.1 Å². The van der Waals surface area contributed by atoms with Crippen LogP contribution in [-0.4, -0.2) is 10.2 Å². The largest absolute Gasteiger partial charge is 0.508 e. The highest BCUT2D eigenvalue weighted by Gasteiger charge is 2.09. The van der Waals surface area contributed by atoms with E-state index in [9.17, 15) is 10.2 Å². The van der Waals surface area contributed by atoms with Crippen molar-refractivity contribution in [2.24, 2.45) is 0 Å². The lowest BCUT2D eigenvalue weighted by molar-refractivity contribution is 0.475. The van der Waals surface area contributed by atoms with Crippen LogP contribution < -0.4 is 0 Å². The molecule has 23 heavy (non-hydrogen) atoms. The molecule has 0 heterocycles. The van der Waals surface area contributed by atoms with Crippen molar-refractivity contribution in [1.82, 2.24) is 0 Å². The number of phenols is 2. The SMILES string of the molecule is Cc1ccc(-c2ccccc2CCc2ccc(O)cc2)c(O)c1. The van der Waals surface area contributed by atoms with E-state index >= 15 is 0 Å². The molecule has 0 saturated carbocycles. The quantitative estimate of drug-likeness (QED) is 0.722. The number of phenolic OH excluding ortho intramolecular Hbond substituents is 2. The van der Waals surface area contributed by atoms with Gasteiger partial charge in [0.2, 0.25) is 0 Å². The fourth-order valence-corrected chi connectivity index (χ4v) is 2.81. The van der Waals surface area contributed by atoms with E-state index in [1.807, 2.05) is 43.3 Å². The predicted octanol–water partition coefficient (Wildman–Crippen LogP) is 4.86. The van der Waals surface area contributed by atoms with Crippen molar-refractivity contribution in [3.05, 3.63) is 83.4 Å². The third-order valence-electron chi connectivity index (χ3n) is 4.08. The maximum atomic E-state index is 10.3. The zero-order valence-corrected chi connectivity index (χ0v) is 13.2. The lowest BCUT2D eigenvalue weighted by Gasteiger charge is -2.12. The second kappa shape index (κ2) is 6.57. The molecule has 0 bridgehead atoms. The average Bonchev–Trinajstić information content (AvgIpc) is 2.55. The van der Waals surface area contributed by atoms with Crippen molar-refractivity contribution < 1.29 is 10.2 Å². The Labute approximate surface area is 136 Å². The molecule has 0 unspecified atom stereocenters. The molecule has 2 heteroatoms. The van der Waals surface area contributed by atoms with E-state index in [-0.39, 0.29) is 0 Å². The number of aryl methyl sites for hydroxylation is 3. The van der Waals surface area contributed by atoms with Gasteiger partial charge in [-0.25, -0.2) is 0 Å². The molecule has 0 saturated heterocycles. The van der Waals surface area contributed by atoms with E-state index in [0.717, 1.165) is 29.5 Å². The lowest BCUT2D eigenvalue weighted by Crippen LogP contribution is -1.94. The Bertz CT molecular complexity index is 804. The second-order valence-corrected chi connectivity index (χ2v) is 5.84. The second-order valence-electron chi connectivity index (χ2n) is 5.84. The predicted molar refractivity (Wildman–Crippen MR) is 93.8 cm³/mol. The first-order valence-electron chi connectivity index (χ1n) is 7.79. The van der Waals surface area contributed by atoms with E-state index in [2.05, 4.69) is 12.1 Å². The highest BCUT2D eigenvalue weighted by Crippen LogP contribution is 2.32. The van der Waals surface area contributed by atoms with Crippen molar-refractivity contribution in [3.63, 3.8) is 0 Å². The smallest absolute Gasteiger partial charge is 0.123 e. The van der Waals surface area contributed by atoms with Gasteiger partial charge in [0.1, 0.15) is 11.5 Å². The Kier molecular flexibility index (Phi) is 4.33. The summed E-state index contributed by atoms with van der Waals surface area (Å²) in [6, 6.07) is 21.3. The highest BCUT2D eigenvalue weighted by molar-refractivity contribution is 5.73. The molecule has 0 amide bonds. The number of aromatic hydroxyl groups is 2. The summed E-state index contributed by atoms with van der Waals surface area (Å²) in [4.78, 5) is 0. The summed E-state index contributed by atoms with van der Waals surface area (Å²) in [5.74, 6) is 0.612. The summed E-state index contributed by atoms with van der Waals surface area (Å²) in [7, 11) is 0. The average molecular weight is 304 g/mol. The van der Waals surface area contributed by atoms with Gasteiger partial charge in [-0.05, 0) is 60.2 Å². The lowest BCUT2D eigenvalue weighted by atomic mass is 9.94. The van der Waals surface area contributed by atoms with E-state index in [1.54, 1.807) is 18.2 Å². The van der Waals surface area contributed by atoms with Gasteiger partial charge >= 0.3 is 0 Å². The Hall–Kier alpha value is -2.74. The van der Waals surface area contributed by atoms with Crippen molar-refractivity contribution in [2.45, 2.75) is 19.8 Å². The standard InChI is InChI=1S/C21H20O2/c1-15-6-13-20(21(23)14-15)19-5-3-2-4-17(19)10-7-16-8-11-18(22)12-9-16/h2-6,8-9,11-14,22-23H,7,10H2,1H3. The van der Waals surface area contributed by atoms with Crippen LogP contribution in [0.25, 0.3) is 11.1 Å². The minimum Gasteiger partial charge on any atom is -0.508 e. The van der Waals surface area contributed by atoms with Crippen molar-refractivity contribution in [2.75, 3.05) is 0 Å². The van der Waals surface area contributed by atoms with E-state index in [0.29, 0.717) is 11.5 Å². The van der Waals surface area contributed by atoms with Gasteiger partial charge in [-0.2, -0.15) is 0 Å². The molecular weight excluding hydrogens is 284 g/mol. The van der Waals surface area contributed by atoms with Gasteiger partial charge < -0.3 is 10.2 Å². The zero-order valence-electron chi connectivity index (χ0n) is 13.2. The maximum Gasteiger partial charge on any atom is 0.123 e. The maximum absolute atomic E-state index is 10.3. The van der Waals surface area contributed by atoms with Gasteiger partial charge in [0.25, 0.3) is 0 Å². The summed E-state index contributed by atoms with van der Waals surface area (Å²) in [5, 5.41) is 19.6. The summed E-state index contributed by atoms with van der Waals surface area (Å²) in [6.45, 7) is 1.97. The van der Waals surface area contributed by atoms with Crippen LogP contribution in [0.3, 0.4) is 0 Å². The number of hydrogen-bond donors (Lipinski definition) is 2. The van der Waals surface area contributed by atoms with Crippen LogP contribution in [-0.2, 0) is 12.8 Å². The van der Waals surface area contributed by atoms with E-state index in [4.69, 9.17) is 0 Å². The summed E-state index contributed by atoms with van der Waals surface area (Å²) >= 11 is 0. The van der Waals surface area contributed by atoms with Crippen LogP contribution in [0, 0.1) is 6.92 Å². The first-order valence-corrected chi connectivity index (χ1v) is 7.79. The molecule has 3 aromatic rings. The van der Waals surface area contributed by atoms with Gasteiger partial charge in [-0.15, -0.1) is 0 Å². The van der Waals surface area contributed by atoms with Crippen molar-refractivity contribution >= 4 is 0 Å². The third kappa shape index (κ3) is 3.54. The van der Waals surface area contributed by atoms with E-state index < -0.39 is 0 Å². The molecule has 0 fully saturated rings. The summed E-state index contributed by atoms with van der Waals surface area (Å²) in [6.07, 6.45) is 1.78. The molecule has 2 nitrogen and oxygen atoms in total. The molecule has 3 rings (SSSR count). The fraction of sp³-hybridized carbons (Fsp3) is 0.143. The Morgan fingerprint density at radius 2 is 1.48 bits per heavy atom.